The van der Waals surface area contributed by atoms with Gasteiger partial charge in [0.2, 0.25) is 10.0 Å². The summed E-state index contributed by atoms with van der Waals surface area (Å²) in [4.78, 5) is 0. The van der Waals surface area contributed by atoms with Crippen molar-refractivity contribution in [3.63, 3.8) is 0 Å². The van der Waals surface area contributed by atoms with Crippen LogP contribution < -0.4 is 10.0 Å². The maximum Gasteiger partial charge on any atom is 0.211 e. The molecule has 2 fully saturated rings. The van der Waals surface area contributed by atoms with Crippen molar-refractivity contribution in [2.75, 3.05) is 26.0 Å². The van der Waals surface area contributed by atoms with Gasteiger partial charge in [-0.1, -0.05) is 19.3 Å². The van der Waals surface area contributed by atoms with E-state index in [1.54, 1.807) is 7.11 Å². The van der Waals surface area contributed by atoms with Gasteiger partial charge >= 0.3 is 0 Å². The Hall–Kier alpha value is -0.170. The van der Waals surface area contributed by atoms with Gasteiger partial charge in [0.25, 0.3) is 0 Å². The van der Waals surface area contributed by atoms with Crippen LogP contribution >= 0.6 is 0 Å². The number of hydrogen-bond donors (Lipinski definition) is 2. The van der Waals surface area contributed by atoms with Crippen LogP contribution in [-0.2, 0) is 14.8 Å². The Balaban J connectivity index is 1.86. The van der Waals surface area contributed by atoms with E-state index in [9.17, 15) is 8.42 Å². The Labute approximate surface area is 122 Å². The molecule has 0 aromatic heterocycles. The minimum atomic E-state index is -3.17. The van der Waals surface area contributed by atoms with Crippen LogP contribution in [0.2, 0.25) is 0 Å². The summed E-state index contributed by atoms with van der Waals surface area (Å²) < 4.78 is 31.9. The highest BCUT2D eigenvalue weighted by Crippen LogP contribution is 2.34. The molecule has 118 valence electrons. The lowest BCUT2D eigenvalue weighted by atomic mass is 9.75. The zero-order valence-corrected chi connectivity index (χ0v) is 13.3. The van der Waals surface area contributed by atoms with E-state index in [1.807, 2.05) is 0 Å². The molecule has 20 heavy (non-hydrogen) atoms. The molecule has 1 aliphatic heterocycles. The summed E-state index contributed by atoms with van der Waals surface area (Å²) >= 11 is 0. The quantitative estimate of drug-likeness (QED) is 0.728. The molecule has 1 saturated carbocycles. The summed E-state index contributed by atoms with van der Waals surface area (Å²) in [5, 5.41) is 3.65. The molecule has 6 heteroatoms. The van der Waals surface area contributed by atoms with Crippen molar-refractivity contribution in [1.29, 1.82) is 0 Å². The summed E-state index contributed by atoms with van der Waals surface area (Å²) in [6.07, 6.45) is 8.62. The second kappa shape index (κ2) is 7.20. The van der Waals surface area contributed by atoms with Gasteiger partial charge in [0, 0.05) is 25.3 Å². The zero-order chi connectivity index (χ0) is 14.5. The van der Waals surface area contributed by atoms with Gasteiger partial charge in [0.05, 0.1) is 5.75 Å². The lowest BCUT2D eigenvalue weighted by Crippen LogP contribution is -2.57. The van der Waals surface area contributed by atoms with E-state index in [4.69, 9.17) is 4.74 Å². The van der Waals surface area contributed by atoms with Crippen molar-refractivity contribution < 1.29 is 13.2 Å². The summed E-state index contributed by atoms with van der Waals surface area (Å²) in [6, 6.07) is 0.0990. The molecule has 0 aromatic rings. The fourth-order valence-electron chi connectivity index (χ4n) is 3.57. The number of piperidine rings is 1. The number of nitrogens with one attached hydrogen (secondary N) is 2. The van der Waals surface area contributed by atoms with Crippen LogP contribution in [0, 0.1) is 0 Å². The smallest absolute Gasteiger partial charge is 0.211 e. The van der Waals surface area contributed by atoms with Crippen LogP contribution in [0.15, 0.2) is 0 Å². The molecule has 5 nitrogen and oxygen atoms in total. The number of sulfonamides is 1. The van der Waals surface area contributed by atoms with Gasteiger partial charge in [-0.2, -0.15) is 0 Å². The normalized spacial score (nSPS) is 26.8. The maximum atomic E-state index is 12.1. The monoisotopic (exact) mass is 304 g/mol. The molecule has 0 amide bonds. The van der Waals surface area contributed by atoms with E-state index >= 15 is 0 Å². The number of hydrogen-bond acceptors (Lipinski definition) is 4. The van der Waals surface area contributed by atoms with Gasteiger partial charge < -0.3 is 10.1 Å². The first-order chi connectivity index (χ1) is 9.55. The number of methoxy groups -OCH3 is 1. The third kappa shape index (κ3) is 4.69. The van der Waals surface area contributed by atoms with E-state index in [0.717, 1.165) is 19.4 Å². The Morgan fingerprint density at radius 2 is 2.05 bits per heavy atom. The molecule has 0 bridgehead atoms. The van der Waals surface area contributed by atoms with Crippen molar-refractivity contribution in [3.05, 3.63) is 0 Å². The van der Waals surface area contributed by atoms with E-state index in [2.05, 4.69) is 10.0 Å². The summed E-state index contributed by atoms with van der Waals surface area (Å²) in [5.41, 5.74) is 0.191. The highest BCUT2D eigenvalue weighted by Gasteiger charge is 2.37. The van der Waals surface area contributed by atoms with Crippen molar-refractivity contribution in [1.82, 2.24) is 10.0 Å². The van der Waals surface area contributed by atoms with Crippen molar-refractivity contribution >= 4 is 10.0 Å². The highest BCUT2D eigenvalue weighted by molar-refractivity contribution is 7.89. The second-order valence-electron chi connectivity index (χ2n) is 6.24. The van der Waals surface area contributed by atoms with Crippen molar-refractivity contribution in [2.45, 2.75) is 62.9 Å². The average Bonchev–Trinajstić information content (AvgIpc) is 2.39. The average molecular weight is 304 g/mol. The third-order valence-electron chi connectivity index (χ3n) is 4.55. The molecule has 2 N–H and O–H groups in total. The van der Waals surface area contributed by atoms with E-state index in [0.29, 0.717) is 13.0 Å². The minimum absolute atomic E-state index is 0.0990. The predicted molar refractivity (Wildman–Crippen MR) is 80.3 cm³/mol. The Morgan fingerprint density at radius 3 is 2.75 bits per heavy atom. The molecule has 1 heterocycles. The minimum Gasteiger partial charge on any atom is -0.385 e. The van der Waals surface area contributed by atoms with Crippen LogP contribution in [0.5, 0.6) is 0 Å². The summed E-state index contributed by atoms with van der Waals surface area (Å²) in [6.45, 7) is 1.42. The van der Waals surface area contributed by atoms with Gasteiger partial charge in [-0.15, -0.1) is 0 Å². The Bertz CT molecular complexity index is 386. The van der Waals surface area contributed by atoms with E-state index < -0.39 is 10.0 Å². The third-order valence-corrected chi connectivity index (χ3v) is 6.07. The number of ether oxygens (including phenoxy) is 1. The van der Waals surface area contributed by atoms with Crippen LogP contribution in [-0.4, -0.2) is 46.0 Å². The van der Waals surface area contributed by atoms with Gasteiger partial charge in [-0.05, 0) is 38.6 Å². The number of rotatable bonds is 6. The van der Waals surface area contributed by atoms with Crippen LogP contribution in [0.1, 0.15) is 51.4 Å². The summed E-state index contributed by atoms with van der Waals surface area (Å²) in [7, 11) is -1.57. The van der Waals surface area contributed by atoms with E-state index in [1.165, 1.54) is 32.1 Å². The molecule has 2 aliphatic rings. The van der Waals surface area contributed by atoms with Gasteiger partial charge in [0.15, 0.2) is 0 Å². The lowest BCUT2D eigenvalue weighted by molar-refractivity contribution is 0.165. The van der Waals surface area contributed by atoms with Crippen molar-refractivity contribution in [2.24, 2.45) is 0 Å². The molecular formula is C14H28N2O3S. The molecule has 1 aliphatic carbocycles. The fourth-order valence-corrected chi connectivity index (χ4v) is 4.90. The molecule has 1 atom stereocenters. The first-order valence-electron chi connectivity index (χ1n) is 7.79. The molecule has 0 aromatic carbocycles. The summed E-state index contributed by atoms with van der Waals surface area (Å²) in [5.74, 6) is 0.164. The van der Waals surface area contributed by atoms with Gasteiger partial charge in [-0.25, -0.2) is 13.1 Å². The molecular weight excluding hydrogens is 276 g/mol. The molecule has 0 radical (unpaired) electrons. The first kappa shape index (κ1) is 16.2. The molecule has 1 spiro atoms. The predicted octanol–water partition coefficient (Wildman–Crippen LogP) is 1.40. The fraction of sp³-hybridized carbons (Fsp3) is 1.00. The maximum absolute atomic E-state index is 12.1. The zero-order valence-electron chi connectivity index (χ0n) is 12.5. The molecule has 2 rings (SSSR count). The Morgan fingerprint density at radius 1 is 1.30 bits per heavy atom. The first-order valence-corrected chi connectivity index (χ1v) is 9.44. The molecule has 1 saturated heterocycles. The Kier molecular flexibility index (Phi) is 5.84. The largest absolute Gasteiger partial charge is 0.385 e. The second-order valence-corrected chi connectivity index (χ2v) is 8.11. The van der Waals surface area contributed by atoms with Crippen LogP contribution in [0.25, 0.3) is 0 Å². The lowest BCUT2D eigenvalue weighted by Gasteiger charge is -2.44. The van der Waals surface area contributed by atoms with E-state index in [-0.39, 0.29) is 17.3 Å². The topological polar surface area (TPSA) is 67.4 Å². The van der Waals surface area contributed by atoms with Gasteiger partial charge in [-0.3, -0.25) is 0 Å². The standard InChI is InChI=1S/C14H28N2O3S/c1-19-10-5-11-20(17,18)16-13-6-9-15-14(12-13)7-3-2-4-8-14/h13,15-16H,2-12H2,1H3. The van der Waals surface area contributed by atoms with Crippen molar-refractivity contribution in [3.8, 4) is 0 Å². The highest BCUT2D eigenvalue weighted by atomic mass is 32.2. The molecule has 1 unspecified atom stereocenters. The van der Waals surface area contributed by atoms with Crippen LogP contribution in [0.3, 0.4) is 0 Å². The SMILES string of the molecule is COCCCS(=O)(=O)NC1CCNC2(CCCCC2)C1. The van der Waals surface area contributed by atoms with Crippen LogP contribution in [0.4, 0.5) is 0 Å². The van der Waals surface area contributed by atoms with Gasteiger partial charge in [0.1, 0.15) is 0 Å².